The molecule has 0 amide bonds. The van der Waals surface area contributed by atoms with Gasteiger partial charge in [0, 0.05) is 17.5 Å². The highest BCUT2D eigenvalue weighted by Crippen LogP contribution is 2.40. The Morgan fingerprint density at radius 2 is 1.85 bits per heavy atom. The van der Waals surface area contributed by atoms with Gasteiger partial charge >= 0.3 is 0 Å². The molecule has 1 saturated carbocycles. The van der Waals surface area contributed by atoms with Crippen LogP contribution in [0.5, 0.6) is 0 Å². The Labute approximate surface area is 168 Å². The fourth-order valence-electron chi connectivity index (χ4n) is 4.82. The highest BCUT2D eigenvalue weighted by molar-refractivity contribution is 7.18. The van der Waals surface area contributed by atoms with Crippen molar-refractivity contribution >= 4 is 39.1 Å². The standard InChI is InChI=1S/C19H26ClN5OS/c1-12-21-15-16(23-18(20)24-17(15)27-12)22-13-2-4-14(5-3-13)25-8-6-19(7-9-25)10-26-11-19/h13-14H,2-11H2,1H3,(H,22,23,24)/t13-,14-. The van der Waals surface area contributed by atoms with Crippen LogP contribution in [-0.2, 0) is 4.74 Å². The maximum absolute atomic E-state index is 6.12. The van der Waals surface area contributed by atoms with Gasteiger partial charge in [0.05, 0.1) is 18.2 Å². The number of likely N-dealkylation sites (tertiary alicyclic amines) is 1. The molecule has 2 aliphatic heterocycles. The van der Waals surface area contributed by atoms with Gasteiger partial charge in [0.1, 0.15) is 5.52 Å². The van der Waals surface area contributed by atoms with Crippen molar-refractivity contribution in [2.45, 2.75) is 57.5 Å². The highest BCUT2D eigenvalue weighted by atomic mass is 35.5. The van der Waals surface area contributed by atoms with Gasteiger partial charge in [-0.15, -0.1) is 0 Å². The van der Waals surface area contributed by atoms with E-state index in [0.717, 1.165) is 40.4 Å². The molecular formula is C19H26ClN5OS. The summed E-state index contributed by atoms with van der Waals surface area (Å²) in [5, 5.41) is 4.90. The van der Waals surface area contributed by atoms with E-state index in [9.17, 15) is 0 Å². The average molecular weight is 408 g/mol. The van der Waals surface area contributed by atoms with Crippen LogP contribution in [-0.4, -0.2) is 58.2 Å². The number of fused-ring (bicyclic) bond motifs is 1. The van der Waals surface area contributed by atoms with Gasteiger partial charge in [-0.05, 0) is 70.1 Å². The van der Waals surface area contributed by atoms with Crippen molar-refractivity contribution in [2.24, 2.45) is 5.41 Å². The molecule has 5 rings (SSSR count). The number of piperidine rings is 1. The first kappa shape index (κ1) is 18.0. The Kier molecular flexibility index (Phi) is 4.74. The summed E-state index contributed by atoms with van der Waals surface area (Å²) < 4.78 is 5.46. The molecule has 2 aromatic heterocycles. The van der Waals surface area contributed by atoms with Crippen molar-refractivity contribution in [1.29, 1.82) is 0 Å². The maximum Gasteiger partial charge on any atom is 0.225 e. The summed E-state index contributed by atoms with van der Waals surface area (Å²) >= 11 is 7.68. The Hall–Kier alpha value is -1.02. The van der Waals surface area contributed by atoms with Crippen LogP contribution < -0.4 is 5.32 Å². The van der Waals surface area contributed by atoms with Crippen molar-refractivity contribution in [1.82, 2.24) is 19.9 Å². The molecule has 2 saturated heterocycles. The number of hydrogen-bond acceptors (Lipinski definition) is 7. The van der Waals surface area contributed by atoms with Crippen molar-refractivity contribution in [2.75, 3.05) is 31.6 Å². The summed E-state index contributed by atoms with van der Waals surface area (Å²) in [6, 6.07) is 1.17. The summed E-state index contributed by atoms with van der Waals surface area (Å²) in [6.45, 7) is 6.46. The van der Waals surface area contributed by atoms with Gasteiger partial charge in [-0.25, -0.2) is 9.97 Å². The summed E-state index contributed by atoms with van der Waals surface area (Å²) in [6.07, 6.45) is 7.46. The van der Waals surface area contributed by atoms with Gasteiger partial charge in [-0.1, -0.05) is 11.3 Å². The van der Waals surface area contributed by atoms with Crippen LogP contribution in [0.15, 0.2) is 0 Å². The molecule has 4 heterocycles. The van der Waals surface area contributed by atoms with E-state index in [1.54, 1.807) is 11.3 Å². The summed E-state index contributed by atoms with van der Waals surface area (Å²) in [4.78, 5) is 16.9. The minimum atomic E-state index is 0.296. The molecule has 1 aliphatic carbocycles. The molecule has 1 spiro atoms. The molecule has 6 nitrogen and oxygen atoms in total. The summed E-state index contributed by atoms with van der Waals surface area (Å²) in [5.74, 6) is 0.794. The fourth-order valence-corrected chi connectivity index (χ4v) is 5.83. The van der Waals surface area contributed by atoms with E-state index in [1.807, 2.05) is 6.92 Å². The molecule has 0 radical (unpaired) electrons. The minimum absolute atomic E-state index is 0.296. The molecule has 3 aliphatic rings. The number of thiazole rings is 1. The lowest BCUT2D eigenvalue weighted by Crippen LogP contribution is -2.53. The second kappa shape index (κ2) is 7.10. The normalized spacial score (nSPS) is 28.4. The number of anilines is 1. The molecule has 0 aromatic carbocycles. The Balaban J connectivity index is 1.19. The van der Waals surface area contributed by atoms with Gasteiger partial charge < -0.3 is 15.0 Å². The summed E-state index contributed by atoms with van der Waals surface area (Å²) in [7, 11) is 0. The van der Waals surface area contributed by atoms with Crippen LogP contribution in [0.1, 0.15) is 43.5 Å². The Morgan fingerprint density at radius 1 is 1.11 bits per heavy atom. The molecule has 27 heavy (non-hydrogen) atoms. The first-order chi connectivity index (χ1) is 13.1. The third-order valence-corrected chi connectivity index (χ3v) is 7.60. The largest absolute Gasteiger partial charge is 0.380 e. The second-order valence-electron chi connectivity index (χ2n) is 8.41. The number of aromatic nitrogens is 3. The van der Waals surface area contributed by atoms with Crippen molar-refractivity contribution in [3.05, 3.63) is 10.3 Å². The molecular weight excluding hydrogens is 382 g/mol. The maximum atomic E-state index is 6.12. The van der Waals surface area contributed by atoms with E-state index in [4.69, 9.17) is 16.3 Å². The van der Waals surface area contributed by atoms with Crippen LogP contribution in [0.3, 0.4) is 0 Å². The van der Waals surface area contributed by atoms with Crippen LogP contribution >= 0.6 is 22.9 Å². The third-order valence-electron chi connectivity index (χ3n) is 6.57. The average Bonchev–Trinajstić information content (AvgIpc) is 3.01. The van der Waals surface area contributed by atoms with Gasteiger partial charge in [-0.2, -0.15) is 4.98 Å². The van der Waals surface area contributed by atoms with Crippen LogP contribution in [0, 0.1) is 12.3 Å². The van der Waals surface area contributed by atoms with E-state index in [-0.39, 0.29) is 0 Å². The van der Waals surface area contributed by atoms with Gasteiger partial charge in [0.2, 0.25) is 5.28 Å². The fraction of sp³-hybridized carbons (Fsp3) is 0.737. The number of halogens is 1. The third kappa shape index (κ3) is 3.55. The molecule has 8 heteroatoms. The molecule has 146 valence electrons. The quantitative estimate of drug-likeness (QED) is 0.779. The predicted octanol–water partition coefficient (Wildman–Crippen LogP) is 3.88. The highest BCUT2D eigenvalue weighted by Gasteiger charge is 2.42. The van der Waals surface area contributed by atoms with E-state index >= 15 is 0 Å². The Morgan fingerprint density at radius 3 is 2.52 bits per heavy atom. The minimum Gasteiger partial charge on any atom is -0.380 e. The number of nitrogens with zero attached hydrogens (tertiary/aromatic N) is 4. The molecule has 0 bridgehead atoms. The zero-order chi connectivity index (χ0) is 18.4. The predicted molar refractivity (Wildman–Crippen MR) is 109 cm³/mol. The SMILES string of the molecule is Cc1nc2c(N[C@H]3CC[C@H](N4CCC5(CC4)COC5)CC3)nc(Cl)nc2s1. The topological polar surface area (TPSA) is 63.2 Å². The van der Waals surface area contributed by atoms with E-state index in [1.165, 1.54) is 51.6 Å². The number of aryl methyl sites for hydroxylation is 1. The smallest absolute Gasteiger partial charge is 0.225 e. The zero-order valence-corrected chi connectivity index (χ0v) is 17.3. The van der Waals surface area contributed by atoms with Crippen LogP contribution in [0.4, 0.5) is 5.82 Å². The number of nitrogens with one attached hydrogen (secondary N) is 1. The molecule has 3 fully saturated rings. The van der Waals surface area contributed by atoms with Crippen molar-refractivity contribution < 1.29 is 4.74 Å². The Bertz CT molecular complexity index is 821. The molecule has 1 N–H and O–H groups in total. The molecule has 2 aromatic rings. The van der Waals surface area contributed by atoms with Crippen molar-refractivity contribution in [3.63, 3.8) is 0 Å². The van der Waals surface area contributed by atoms with Crippen LogP contribution in [0.25, 0.3) is 10.3 Å². The van der Waals surface area contributed by atoms with Gasteiger partial charge in [-0.3, -0.25) is 0 Å². The monoisotopic (exact) mass is 407 g/mol. The first-order valence-electron chi connectivity index (χ1n) is 9.99. The van der Waals surface area contributed by atoms with Gasteiger partial charge in [0.25, 0.3) is 0 Å². The summed E-state index contributed by atoms with van der Waals surface area (Å²) in [5.41, 5.74) is 1.38. The lowest BCUT2D eigenvalue weighted by Gasteiger charge is -2.49. The van der Waals surface area contributed by atoms with Crippen molar-refractivity contribution in [3.8, 4) is 0 Å². The lowest BCUT2D eigenvalue weighted by atomic mass is 9.76. The zero-order valence-electron chi connectivity index (χ0n) is 15.7. The van der Waals surface area contributed by atoms with Gasteiger partial charge in [0.15, 0.2) is 10.6 Å². The van der Waals surface area contributed by atoms with E-state index in [2.05, 4.69) is 25.2 Å². The van der Waals surface area contributed by atoms with E-state index < -0.39 is 0 Å². The first-order valence-corrected chi connectivity index (χ1v) is 11.2. The second-order valence-corrected chi connectivity index (χ2v) is 9.93. The number of ether oxygens (including phenoxy) is 1. The molecule has 0 unspecified atom stereocenters. The van der Waals surface area contributed by atoms with E-state index in [0.29, 0.717) is 16.7 Å². The lowest BCUT2D eigenvalue weighted by molar-refractivity contribution is -0.143. The molecule has 0 atom stereocenters. The number of hydrogen-bond donors (Lipinski definition) is 1. The number of rotatable bonds is 3. The van der Waals surface area contributed by atoms with Crippen LogP contribution in [0.2, 0.25) is 5.28 Å².